The van der Waals surface area contributed by atoms with Gasteiger partial charge in [0.05, 0.1) is 12.2 Å². The van der Waals surface area contributed by atoms with E-state index in [1.165, 1.54) is 0 Å². The fourth-order valence-corrected chi connectivity index (χ4v) is 3.78. The van der Waals surface area contributed by atoms with Crippen molar-refractivity contribution in [2.75, 3.05) is 29.9 Å². The number of hydrogen-bond donors (Lipinski definition) is 1. The van der Waals surface area contributed by atoms with E-state index < -0.39 is 0 Å². The second-order valence-electron chi connectivity index (χ2n) is 7.63. The fraction of sp³-hybridized carbons (Fsp3) is 0.348. The molecule has 1 aromatic carbocycles. The Morgan fingerprint density at radius 3 is 2.47 bits per heavy atom. The van der Waals surface area contributed by atoms with E-state index in [0.717, 1.165) is 43.4 Å². The van der Waals surface area contributed by atoms with E-state index in [1.807, 2.05) is 23.8 Å². The van der Waals surface area contributed by atoms with E-state index in [4.69, 9.17) is 4.74 Å². The third-order valence-corrected chi connectivity index (χ3v) is 5.56. The van der Waals surface area contributed by atoms with Crippen molar-refractivity contribution in [3.8, 4) is 5.82 Å². The molecule has 0 radical (unpaired) electrons. The summed E-state index contributed by atoms with van der Waals surface area (Å²) in [5.74, 6) is 2.03. The third kappa shape index (κ3) is 4.77. The van der Waals surface area contributed by atoms with Gasteiger partial charge in [0, 0.05) is 43.2 Å². The first-order valence-corrected chi connectivity index (χ1v) is 10.7. The summed E-state index contributed by atoms with van der Waals surface area (Å²) < 4.78 is 6.90. The summed E-state index contributed by atoms with van der Waals surface area (Å²) in [6, 6.07) is 8.70. The zero-order valence-corrected chi connectivity index (χ0v) is 18.2. The molecular formula is C23H26N6O3. The van der Waals surface area contributed by atoms with Crippen molar-refractivity contribution < 1.29 is 14.3 Å². The Kier molecular flexibility index (Phi) is 6.44. The Labute approximate surface area is 186 Å². The van der Waals surface area contributed by atoms with E-state index in [0.29, 0.717) is 17.9 Å². The lowest BCUT2D eigenvalue weighted by molar-refractivity contribution is -0.120. The minimum absolute atomic E-state index is 0.00838. The van der Waals surface area contributed by atoms with E-state index >= 15 is 0 Å². The Morgan fingerprint density at radius 2 is 1.81 bits per heavy atom. The molecule has 9 nitrogen and oxygen atoms in total. The monoisotopic (exact) mass is 434 g/mol. The Balaban J connectivity index is 1.33. The van der Waals surface area contributed by atoms with Gasteiger partial charge in [0.1, 0.15) is 23.8 Å². The molecule has 1 amide bonds. The smallest absolute Gasteiger partial charge is 0.338 e. The first-order valence-electron chi connectivity index (χ1n) is 10.7. The number of piperidine rings is 1. The van der Waals surface area contributed by atoms with E-state index in [2.05, 4.69) is 25.2 Å². The lowest BCUT2D eigenvalue weighted by Gasteiger charge is -2.32. The molecule has 0 bridgehead atoms. The highest BCUT2D eigenvalue weighted by Gasteiger charge is 2.26. The molecule has 1 aliphatic rings. The summed E-state index contributed by atoms with van der Waals surface area (Å²) in [6.45, 7) is 5.49. The summed E-state index contributed by atoms with van der Waals surface area (Å²) in [4.78, 5) is 39.7. The predicted octanol–water partition coefficient (Wildman–Crippen LogP) is 3.00. The van der Waals surface area contributed by atoms with Crippen LogP contribution in [0.25, 0.3) is 5.82 Å². The fourth-order valence-electron chi connectivity index (χ4n) is 3.78. The van der Waals surface area contributed by atoms with Crippen LogP contribution >= 0.6 is 0 Å². The van der Waals surface area contributed by atoms with E-state index in [9.17, 15) is 9.59 Å². The number of esters is 1. The maximum absolute atomic E-state index is 12.7. The minimum atomic E-state index is -0.367. The molecule has 32 heavy (non-hydrogen) atoms. The summed E-state index contributed by atoms with van der Waals surface area (Å²) >= 11 is 0. The second kappa shape index (κ2) is 9.59. The molecule has 3 heterocycles. The molecule has 3 aromatic rings. The minimum Gasteiger partial charge on any atom is -0.462 e. The maximum Gasteiger partial charge on any atom is 0.338 e. The van der Waals surface area contributed by atoms with Gasteiger partial charge in [0.2, 0.25) is 5.91 Å². The Morgan fingerprint density at radius 1 is 1.09 bits per heavy atom. The lowest BCUT2D eigenvalue weighted by atomic mass is 9.95. The number of aryl methyl sites for hydroxylation is 1. The van der Waals surface area contributed by atoms with Crippen molar-refractivity contribution in [2.24, 2.45) is 5.92 Å². The number of carbonyl (C=O) groups is 2. The van der Waals surface area contributed by atoms with Crippen LogP contribution in [-0.4, -0.2) is 51.1 Å². The summed E-state index contributed by atoms with van der Waals surface area (Å²) in [7, 11) is 0. The third-order valence-electron chi connectivity index (χ3n) is 5.56. The van der Waals surface area contributed by atoms with Crippen LogP contribution in [0, 0.1) is 12.8 Å². The van der Waals surface area contributed by atoms with Gasteiger partial charge in [-0.15, -0.1) is 0 Å². The second-order valence-corrected chi connectivity index (χ2v) is 7.63. The molecule has 1 aliphatic heterocycles. The number of imidazole rings is 1. The largest absolute Gasteiger partial charge is 0.462 e. The number of anilines is 2. The van der Waals surface area contributed by atoms with Crippen LogP contribution in [0.2, 0.25) is 0 Å². The van der Waals surface area contributed by atoms with Gasteiger partial charge in [0.25, 0.3) is 0 Å². The van der Waals surface area contributed by atoms with Gasteiger partial charge in [-0.1, -0.05) is 0 Å². The molecule has 9 heteroatoms. The molecule has 1 fully saturated rings. The number of aromatic nitrogens is 4. The van der Waals surface area contributed by atoms with Crippen molar-refractivity contribution in [1.82, 2.24) is 19.5 Å². The molecule has 0 aliphatic carbocycles. The highest BCUT2D eigenvalue weighted by Crippen LogP contribution is 2.24. The SMILES string of the molecule is CCOC(=O)c1ccc(NC(=O)C2CCN(c3cc(-n4ccnc4C)ncn3)CC2)cc1. The maximum atomic E-state index is 12.7. The average molecular weight is 435 g/mol. The van der Waals surface area contributed by atoms with Crippen LogP contribution in [-0.2, 0) is 9.53 Å². The average Bonchev–Trinajstić information content (AvgIpc) is 3.26. The van der Waals surface area contributed by atoms with Crippen LogP contribution in [0.4, 0.5) is 11.5 Å². The van der Waals surface area contributed by atoms with Gasteiger partial charge in [-0.25, -0.2) is 19.7 Å². The van der Waals surface area contributed by atoms with E-state index in [-0.39, 0.29) is 17.8 Å². The lowest BCUT2D eigenvalue weighted by Crippen LogP contribution is -2.38. The van der Waals surface area contributed by atoms with Gasteiger partial charge in [-0.05, 0) is 51.0 Å². The molecule has 166 valence electrons. The normalized spacial score (nSPS) is 14.2. The van der Waals surface area contributed by atoms with Crippen molar-refractivity contribution >= 4 is 23.4 Å². The summed E-state index contributed by atoms with van der Waals surface area (Å²) in [5, 5.41) is 2.95. The number of nitrogens with zero attached hydrogens (tertiary/aromatic N) is 5. The standard InChI is InChI=1S/C23H26N6O3/c1-3-32-23(31)18-4-6-19(7-5-18)27-22(30)17-8-11-28(12-9-17)20-14-21(26-15-25-20)29-13-10-24-16(29)2/h4-7,10,13-15,17H,3,8-9,11-12H2,1-2H3,(H,27,30). The number of amides is 1. The molecule has 1 N–H and O–H groups in total. The molecule has 2 aromatic heterocycles. The van der Waals surface area contributed by atoms with Crippen LogP contribution < -0.4 is 10.2 Å². The van der Waals surface area contributed by atoms with Crippen molar-refractivity contribution in [3.63, 3.8) is 0 Å². The highest BCUT2D eigenvalue weighted by atomic mass is 16.5. The Hall–Kier alpha value is -3.75. The van der Waals surface area contributed by atoms with Crippen molar-refractivity contribution in [2.45, 2.75) is 26.7 Å². The van der Waals surface area contributed by atoms with Crippen LogP contribution in [0.1, 0.15) is 35.9 Å². The van der Waals surface area contributed by atoms with Crippen LogP contribution in [0.3, 0.4) is 0 Å². The van der Waals surface area contributed by atoms with Gasteiger partial charge in [-0.3, -0.25) is 9.36 Å². The molecule has 0 unspecified atom stereocenters. The summed E-state index contributed by atoms with van der Waals surface area (Å²) in [6.07, 6.45) is 6.64. The van der Waals surface area contributed by atoms with Crippen molar-refractivity contribution in [1.29, 1.82) is 0 Å². The zero-order chi connectivity index (χ0) is 22.5. The zero-order valence-electron chi connectivity index (χ0n) is 18.2. The topological polar surface area (TPSA) is 102 Å². The van der Waals surface area contributed by atoms with E-state index in [1.54, 1.807) is 43.7 Å². The first kappa shape index (κ1) is 21.5. The number of rotatable bonds is 6. The van der Waals surface area contributed by atoms with Gasteiger partial charge < -0.3 is 15.0 Å². The predicted molar refractivity (Wildman–Crippen MR) is 120 cm³/mol. The van der Waals surface area contributed by atoms with Crippen LogP contribution in [0.15, 0.2) is 49.1 Å². The summed E-state index contributed by atoms with van der Waals surface area (Å²) in [5.41, 5.74) is 1.13. The van der Waals surface area contributed by atoms with Gasteiger partial charge in [0.15, 0.2) is 0 Å². The molecule has 0 saturated carbocycles. The molecule has 4 rings (SSSR count). The number of ether oxygens (including phenoxy) is 1. The number of nitrogens with one attached hydrogen (secondary N) is 1. The molecule has 0 atom stereocenters. The molecular weight excluding hydrogens is 408 g/mol. The molecule has 1 saturated heterocycles. The number of benzene rings is 1. The number of hydrogen-bond acceptors (Lipinski definition) is 7. The quantitative estimate of drug-likeness (QED) is 0.595. The van der Waals surface area contributed by atoms with Crippen LogP contribution in [0.5, 0.6) is 0 Å². The number of carbonyl (C=O) groups excluding carboxylic acids is 2. The Bertz CT molecular complexity index is 1090. The van der Waals surface area contributed by atoms with Crippen molar-refractivity contribution in [3.05, 3.63) is 60.4 Å². The molecule has 0 spiro atoms. The van der Waals surface area contributed by atoms with Gasteiger partial charge >= 0.3 is 5.97 Å². The highest BCUT2D eigenvalue weighted by molar-refractivity contribution is 5.94. The van der Waals surface area contributed by atoms with Gasteiger partial charge in [-0.2, -0.15) is 0 Å². The first-order chi connectivity index (χ1) is 15.5.